The molecule has 134 valence electrons. The summed E-state index contributed by atoms with van der Waals surface area (Å²) in [6, 6.07) is 7.95. The second kappa shape index (κ2) is 7.38. The van der Waals surface area contributed by atoms with Crippen molar-refractivity contribution in [1.82, 2.24) is 4.90 Å². The van der Waals surface area contributed by atoms with Gasteiger partial charge in [-0.25, -0.2) is 14.5 Å². The molecule has 2 rings (SSSR count). The van der Waals surface area contributed by atoms with E-state index in [4.69, 9.17) is 14.2 Å². The van der Waals surface area contributed by atoms with Crippen molar-refractivity contribution < 1.29 is 28.6 Å². The maximum Gasteiger partial charge on any atom is 0.418 e. The number of hydrogen-bond donors (Lipinski definition) is 0. The average molecular weight is 347 g/mol. The van der Waals surface area contributed by atoms with Crippen LogP contribution in [-0.4, -0.2) is 41.6 Å². The van der Waals surface area contributed by atoms with Crippen LogP contribution in [-0.2, 0) is 30.4 Å². The van der Waals surface area contributed by atoms with Crippen LogP contribution in [0.3, 0.4) is 0 Å². The number of rotatable bonds is 4. The van der Waals surface area contributed by atoms with Crippen molar-refractivity contribution in [3.8, 4) is 0 Å². The van der Waals surface area contributed by atoms with E-state index in [-0.39, 0.29) is 12.4 Å². The summed E-state index contributed by atoms with van der Waals surface area (Å²) in [7, 11) is 1.17. The molecular weight excluding hydrogens is 326 g/mol. The Morgan fingerprint density at radius 1 is 1.16 bits per heavy atom. The zero-order valence-corrected chi connectivity index (χ0v) is 14.6. The van der Waals surface area contributed by atoms with Crippen molar-refractivity contribution in [3.05, 3.63) is 47.7 Å². The molecule has 1 aliphatic rings. The van der Waals surface area contributed by atoms with Gasteiger partial charge >= 0.3 is 12.1 Å². The predicted octanol–water partition coefficient (Wildman–Crippen LogP) is 2.41. The summed E-state index contributed by atoms with van der Waals surface area (Å²) in [6.45, 7) is 5.14. The number of carbonyl (C=O) groups is 3. The van der Waals surface area contributed by atoms with Gasteiger partial charge in [0.25, 0.3) is 5.91 Å². The highest BCUT2D eigenvalue weighted by atomic mass is 16.6. The van der Waals surface area contributed by atoms with Crippen LogP contribution >= 0.6 is 0 Å². The van der Waals surface area contributed by atoms with E-state index in [0.717, 1.165) is 11.6 Å². The highest BCUT2D eigenvalue weighted by Gasteiger charge is 2.46. The number of imide groups is 1. The topological polar surface area (TPSA) is 82.1 Å². The SMILES string of the molecule is COC(=O)C1C(OCc2ccccc2)=CC(=O)N1C(=O)OC(C)(C)C. The Morgan fingerprint density at radius 2 is 1.80 bits per heavy atom. The summed E-state index contributed by atoms with van der Waals surface area (Å²) in [5.74, 6) is -1.42. The number of nitrogens with zero attached hydrogens (tertiary/aromatic N) is 1. The molecule has 1 aromatic carbocycles. The van der Waals surface area contributed by atoms with E-state index >= 15 is 0 Å². The van der Waals surface area contributed by atoms with E-state index in [1.807, 2.05) is 30.3 Å². The fourth-order valence-electron chi connectivity index (χ4n) is 2.23. The lowest BCUT2D eigenvalue weighted by Gasteiger charge is -2.27. The van der Waals surface area contributed by atoms with Gasteiger partial charge in [0.1, 0.15) is 18.0 Å². The minimum Gasteiger partial charge on any atom is -0.490 e. The Bertz CT molecular complexity index is 689. The van der Waals surface area contributed by atoms with Crippen molar-refractivity contribution in [2.24, 2.45) is 0 Å². The van der Waals surface area contributed by atoms with Gasteiger partial charge in [-0.2, -0.15) is 0 Å². The third-order valence-corrected chi connectivity index (χ3v) is 3.29. The van der Waals surface area contributed by atoms with E-state index in [1.54, 1.807) is 20.8 Å². The normalized spacial score (nSPS) is 17.1. The molecule has 0 saturated carbocycles. The van der Waals surface area contributed by atoms with Crippen LogP contribution in [0, 0.1) is 0 Å². The quantitative estimate of drug-likeness (QED) is 0.778. The van der Waals surface area contributed by atoms with Gasteiger partial charge in [0.2, 0.25) is 0 Å². The molecular formula is C18H21NO6. The summed E-state index contributed by atoms with van der Waals surface area (Å²) < 4.78 is 15.5. The lowest BCUT2D eigenvalue weighted by atomic mass is 10.2. The van der Waals surface area contributed by atoms with Gasteiger partial charge < -0.3 is 14.2 Å². The number of esters is 1. The van der Waals surface area contributed by atoms with Crippen LogP contribution in [0.1, 0.15) is 26.3 Å². The van der Waals surface area contributed by atoms with E-state index in [0.29, 0.717) is 4.90 Å². The first-order valence-corrected chi connectivity index (χ1v) is 7.75. The molecule has 7 nitrogen and oxygen atoms in total. The van der Waals surface area contributed by atoms with Crippen molar-refractivity contribution in [2.75, 3.05) is 7.11 Å². The molecule has 2 amide bonds. The molecule has 25 heavy (non-hydrogen) atoms. The van der Waals surface area contributed by atoms with Gasteiger partial charge in [-0.15, -0.1) is 0 Å². The highest BCUT2D eigenvalue weighted by Crippen LogP contribution is 2.25. The Kier molecular flexibility index (Phi) is 5.46. The van der Waals surface area contributed by atoms with Crippen molar-refractivity contribution in [3.63, 3.8) is 0 Å². The van der Waals surface area contributed by atoms with E-state index in [1.165, 1.54) is 7.11 Å². The monoisotopic (exact) mass is 347 g/mol. The molecule has 1 aliphatic heterocycles. The third-order valence-electron chi connectivity index (χ3n) is 3.29. The molecule has 0 radical (unpaired) electrons. The highest BCUT2D eigenvalue weighted by molar-refractivity contribution is 6.06. The first-order chi connectivity index (χ1) is 11.7. The summed E-state index contributed by atoms with van der Waals surface area (Å²) in [6.07, 6.45) is 0.177. The number of methoxy groups -OCH3 is 1. The van der Waals surface area contributed by atoms with Gasteiger partial charge in [0, 0.05) is 6.08 Å². The van der Waals surface area contributed by atoms with E-state index < -0.39 is 29.6 Å². The van der Waals surface area contributed by atoms with Gasteiger partial charge in [-0.1, -0.05) is 30.3 Å². The van der Waals surface area contributed by atoms with Crippen LogP contribution in [0.5, 0.6) is 0 Å². The standard InChI is InChI=1S/C18H21NO6/c1-18(2,3)25-17(22)19-14(20)10-13(15(19)16(21)23-4)24-11-12-8-6-5-7-9-12/h5-10,15H,11H2,1-4H3. The summed E-state index contributed by atoms with van der Waals surface area (Å²) in [4.78, 5) is 37.3. The summed E-state index contributed by atoms with van der Waals surface area (Å²) in [5.41, 5.74) is 0.0428. The minimum atomic E-state index is -1.30. The minimum absolute atomic E-state index is 0.0477. The first-order valence-electron chi connectivity index (χ1n) is 7.75. The van der Waals surface area contributed by atoms with E-state index in [2.05, 4.69) is 0 Å². The van der Waals surface area contributed by atoms with Crippen molar-refractivity contribution in [2.45, 2.75) is 39.0 Å². The zero-order valence-electron chi connectivity index (χ0n) is 14.6. The lowest BCUT2D eigenvalue weighted by molar-refractivity contribution is -0.149. The van der Waals surface area contributed by atoms with Gasteiger partial charge in [-0.05, 0) is 26.3 Å². The zero-order chi connectivity index (χ0) is 18.6. The Balaban J connectivity index is 2.19. The lowest BCUT2D eigenvalue weighted by Crippen LogP contribution is -2.47. The third kappa shape index (κ3) is 4.59. The summed E-state index contributed by atoms with van der Waals surface area (Å²) in [5, 5.41) is 0. The second-order valence-corrected chi connectivity index (χ2v) is 6.44. The molecule has 0 bridgehead atoms. The molecule has 7 heteroatoms. The molecule has 1 aromatic rings. The van der Waals surface area contributed by atoms with Gasteiger partial charge in [0.05, 0.1) is 7.11 Å². The molecule has 0 N–H and O–H groups in total. The van der Waals surface area contributed by atoms with Crippen LogP contribution in [0.4, 0.5) is 4.79 Å². The molecule has 1 unspecified atom stereocenters. The number of benzene rings is 1. The molecule has 0 aliphatic carbocycles. The van der Waals surface area contributed by atoms with Gasteiger partial charge in [0.15, 0.2) is 6.04 Å². The van der Waals surface area contributed by atoms with Crippen LogP contribution in [0.25, 0.3) is 0 Å². The second-order valence-electron chi connectivity index (χ2n) is 6.44. The predicted molar refractivity (Wildman–Crippen MR) is 88.2 cm³/mol. The number of carbonyl (C=O) groups excluding carboxylic acids is 3. The maximum atomic E-state index is 12.3. The number of amides is 2. The fraction of sp³-hybridized carbons (Fsp3) is 0.389. The molecule has 0 spiro atoms. The maximum absolute atomic E-state index is 12.3. The average Bonchev–Trinajstić information content (AvgIpc) is 2.88. The first kappa shape index (κ1) is 18.5. The van der Waals surface area contributed by atoms with Crippen molar-refractivity contribution >= 4 is 18.0 Å². The van der Waals surface area contributed by atoms with Crippen LogP contribution in [0.2, 0.25) is 0 Å². The summed E-state index contributed by atoms with van der Waals surface area (Å²) >= 11 is 0. The van der Waals surface area contributed by atoms with E-state index in [9.17, 15) is 14.4 Å². The van der Waals surface area contributed by atoms with Crippen molar-refractivity contribution in [1.29, 1.82) is 0 Å². The fourth-order valence-corrected chi connectivity index (χ4v) is 2.23. The number of hydrogen-bond acceptors (Lipinski definition) is 6. The largest absolute Gasteiger partial charge is 0.490 e. The molecule has 1 atom stereocenters. The number of ether oxygens (including phenoxy) is 3. The van der Waals surface area contributed by atoms with Gasteiger partial charge in [-0.3, -0.25) is 4.79 Å². The smallest absolute Gasteiger partial charge is 0.418 e. The molecule has 0 aromatic heterocycles. The Hall–Kier alpha value is -2.83. The Labute approximate surface area is 146 Å². The molecule has 0 fully saturated rings. The molecule has 0 saturated heterocycles. The Morgan fingerprint density at radius 3 is 2.36 bits per heavy atom. The van der Waals surface area contributed by atoms with Crippen LogP contribution in [0.15, 0.2) is 42.2 Å². The van der Waals surface area contributed by atoms with Crippen LogP contribution < -0.4 is 0 Å². The molecule has 1 heterocycles.